The molecule has 0 aliphatic carbocycles. The van der Waals surface area contributed by atoms with Crippen molar-refractivity contribution in [3.63, 3.8) is 0 Å². The second-order valence-corrected chi connectivity index (χ2v) is 4.50. The molecule has 0 aromatic heterocycles. The summed E-state index contributed by atoms with van der Waals surface area (Å²) in [6.07, 6.45) is 0.797. The zero-order valence-electron chi connectivity index (χ0n) is 10.5. The van der Waals surface area contributed by atoms with Gasteiger partial charge in [0.2, 0.25) is 0 Å². The molecule has 94 valence electrons. The van der Waals surface area contributed by atoms with Crippen LogP contribution < -0.4 is 0 Å². The van der Waals surface area contributed by atoms with E-state index in [2.05, 4.69) is 16.7 Å². The fourth-order valence-electron chi connectivity index (χ4n) is 2.40. The molecule has 0 fully saturated rings. The summed E-state index contributed by atoms with van der Waals surface area (Å²) in [6, 6.07) is 7.82. The predicted octanol–water partition coefficient (Wildman–Crippen LogP) is 2.08. The molecule has 0 saturated heterocycles. The van der Waals surface area contributed by atoms with Gasteiger partial charge < -0.3 is 5.11 Å². The maximum atomic E-state index is 11.3. The Kier molecular flexibility index (Phi) is 4.01. The molecule has 0 spiro atoms. The normalized spacial score (nSPS) is 18.6. The molecule has 1 N–H and O–H groups in total. The van der Waals surface area contributed by atoms with Crippen molar-refractivity contribution in [3.05, 3.63) is 35.4 Å². The summed E-state index contributed by atoms with van der Waals surface area (Å²) in [7, 11) is 0. The number of rotatable bonds is 3. The van der Waals surface area contributed by atoms with Crippen LogP contribution in [0, 0.1) is 11.8 Å². The van der Waals surface area contributed by atoms with E-state index in [0.717, 1.165) is 30.6 Å². The first-order chi connectivity index (χ1) is 8.72. The lowest BCUT2D eigenvalue weighted by molar-refractivity contribution is -0.139. The average molecular weight is 243 g/mol. The monoisotopic (exact) mass is 243 g/mol. The fourth-order valence-corrected chi connectivity index (χ4v) is 2.40. The van der Waals surface area contributed by atoms with Gasteiger partial charge in [-0.3, -0.25) is 9.69 Å². The van der Waals surface area contributed by atoms with Gasteiger partial charge in [-0.25, -0.2) is 0 Å². The van der Waals surface area contributed by atoms with Crippen molar-refractivity contribution in [2.24, 2.45) is 0 Å². The lowest BCUT2D eigenvalue weighted by Crippen LogP contribution is -2.37. The summed E-state index contributed by atoms with van der Waals surface area (Å²) >= 11 is 0. The summed E-state index contributed by atoms with van der Waals surface area (Å²) in [5.41, 5.74) is 2.09. The van der Waals surface area contributed by atoms with Gasteiger partial charge in [-0.2, -0.15) is 0 Å². The molecule has 1 aliphatic rings. The van der Waals surface area contributed by atoms with Crippen molar-refractivity contribution >= 4 is 5.97 Å². The van der Waals surface area contributed by atoms with Gasteiger partial charge in [0, 0.05) is 26.1 Å². The van der Waals surface area contributed by atoms with Gasteiger partial charge in [-0.1, -0.05) is 24.3 Å². The molecular formula is C15H17NO2. The molecule has 18 heavy (non-hydrogen) atoms. The van der Waals surface area contributed by atoms with Crippen molar-refractivity contribution in [1.82, 2.24) is 4.90 Å². The average Bonchev–Trinajstić information content (AvgIpc) is 2.38. The third-order valence-corrected chi connectivity index (χ3v) is 3.29. The molecule has 3 heteroatoms. The molecule has 1 aromatic rings. The highest BCUT2D eigenvalue weighted by atomic mass is 16.4. The Bertz CT molecular complexity index is 499. The van der Waals surface area contributed by atoms with Gasteiger partial charge in [0.05, 0.1) is 5.92 Å². The lowest BCUT2D eigenvalue weighted by atomic mass is 9.90. The molecule has 1 aliphatic heterocycles. The summed E-state index contributed by atoms with van der Waals surface area (Å²) in [4.78, 5) is 13.5. The van der Waals surface area contributed by atoms with E-state index < -0.39 is 11.9 Å². The van der Waals surface area contributed by atoms with Gasteiger partial charge in [-0.15, -0.1) is 11.8 Å². The zero-order chi connectivity index (χ0) is 13.0. The molecule has 0 saturated carbocycles. The van der Waals surface area contributed by atoms with Crippen molar-refractivity contribution in [2.45, 2.75) is 25.8 Å². The molecule has 1 unspecified atom stereocenters. The Morgan fingerprint density at radius 2 is 2.28 bits per heavy atom. The highest BCUT2D eigenvalue weighted by molar-refractivity contribution is 5.77. The van der Waals surface area contributed by atoms with E-state index >= 15 is 0 Å². The predicted molar refractivity (Wildman–Crippen MR) is 70.2 cm³/mol. The van der Waals surface area contributed by atoms with Crippen LogP contribution in [-0.4, -0.2) is 29.1 Å². The fraction of sp³-hybridized carbons (Fsp3) is 0.400. The van der Waals surface area contributed by atoms with Gasteiger partial charge in [-0.05, 0) is 18.1 Å². The number of carboxylic acids is 1. The minimum atomic E-state index is -0.742. The van der Waals surface area contributed by atoms with E-state index in [1.165, 1.54) is 0 Å². The molecule has 0 bridgehead atoms. The van der Waals surface area contributed by atoms with Crippen LogP contribution in [0.5, 0.6) is 0 Å². The van der Waals surface area contributed by atoms with E-state index in [9.17, 15) is 9.90 Å². The quantitative estimate of drug-likeness (QED) is 0.826. The number of carbonyl (C=O) groups is 1. The molecule has 0 radical (unpaired) electrons. The summed E-state index contributed by atoms with van der Waals surface area (Å²) < 4.78 is 0. The largest absolute Gasteiger partial charge is 0.481 e. The summed E-state index contributed by atoms with van der Waals surface area (Å²) in [6.45, 7) is 4.06. The Balaban J connectivity index is 2.17. The first-order valence-electron chi connectivity index (χ1n) is 6.15. The van der Waals surface area contributed by atoms with E-state index in [0.29, 0.717) is 6.54 Å². The molecule has 1 atom stereocenters. The standard InChI is InChI=1S/C15H17NO2/c1-2-3-6-9-16-10-12-7-4-5-8-13(12)14(11-16)15(17)18/h4-5,7-8,14H,6,9-11H2,1H3,(H,17,18). The van der Waals surface area contributed by atoms with Crippen molar-refractivity contribution in [2.75, 3.05) is 13.1 Å². The van der Waals surface area contributed by atoms with Gasteiger partial charge >= 0.3 is 5.97 Å². The van der Waals surface area contributed by atoms with Crippen LogP contribution >= 0.6 is 0 Å². The van der Waals surface area contributed by atoms with Crippen LogP contribution in [0.25, 0.3) is 0 Å². The van der Waals surface area contributed by atoms with Gasteiger partial charge in [0.1, 0.15) is 0 Å². The Morgan fingerprint density at radius 3 is 3.00 bits per heavy atom. The molecule has 3 nitrogen and oxygen atoms in total. The number of nitrogens with zero attached hydrogens (tertiary/aromatic N) is 1. The van der Waals surface area contributed by atoms with Crippen molar-refractivity contribution in [1.29, 1.82) is 0 Å². The first-order valence-corrected chi connectivity index (χ1v) is 6.15. The molecule has 0 amide bonds. The maximum absolute atomic E-state index is 11.3. The number of fused-ring (bicyclic) bond motifs is 1. The molecular weight excluding hydrogens is 226 g/mol. The minimum Gasteiger partial charge on any atom is -0.481 e. The van der Waals surface area contributed by atoms with E-state index in [1.54, 1.807) is 0 Å². The maximum Gasteiger partial charge on any atom is 0.312 e. The number of benzene rings is 1. The van der Waals surface area contributed by atoms with E-state index in [4.69, 9.17) is 0 Å². The van der Waals surface area contributed by atoms with Gasteiger partial charge in [0.15, 0.2) is 0 Å². The summed E-state index contributed by atoms with van der Waals surface area (Å²) in [5.74, 6) is 4.74. The SMILES string of the molecule is CC#CCCN1Cc2ccccc2C(C(=O)O)C1. The van der Waals surface area contributed by atoms with Gasteiger partial charge in [0.25, 0.3) is 0 Å². The third-order valence-electron chi connectivity index (χ3n) is 3.29. The van der Waals surface area contributed by atoms with Crippen molar-refractivity contribution in [3.8, 4) is 11.8 Å². The van der Waals surface area contributed by atoms with Crippen LogP contribution in [0.1, 0.15) is 30.4 Å². The topological polar surface area (TPSA) is 40.5 Å². The van der Waals surface area contributed by atoms with E-state index in [-0.39, 0.29) is 0 Å². The van der Waals surface area contributed by atoms with Crippen LogP contribution in [0.3, 0.4) is 0 Å². The first kappa shape index (κ1) is 12.7. The van der Waals surface area contributed by atoms with Crippen molar-refractivity contribution < 1.29 is 9.90 Å². The van der Waals surface area contributed by atoms with Crippen LogP contribution in [0.4, 0.5) is 0 Å². The van der Waals surface area contributed by atoms with E-state index in [1.807, 2.05) is 31.2 Å². The molecule has 2 rings (SSSR count). The molecule has 1 heterocycles. The smallest absolute Gasteiger partial charge is 0.312 e. The highest BCUT2D eigenvalue weighted by Gasteiger charge is 2.29. The third kappa shape index (κ3) is 2.72. The number of carboxylic acid groups (broad SMARTS) is 1. The van der Waals surface area contributed by atoms with Crippen LogP contribution in [0.2, 0.25) is 0 Å². The minimum absolute atomic E-state index is 0.412. The molecule has 1 aromatic carbocycles. The highest BCUT2D eigenvalue weighted by Crippen LogP contribution is 2.28. The Hall–Kier alpha value is -1.79. The zero-order valence-corrected chi connectivity index (χ0v) is 10.5. The lowest BCUT2D eigenvalue weighted by Gasteiger charge is -2.32. The second kappa shape index (κ2) is 5.70. The number of aliphatic carboxylic acids is 1. The number of hydrogen-bond donors (Lipinski definition) is 1. The second-order valence-electron chi connectivity index (χ2n) is 4.50. The summed E-state index contributed by atoms with van der Waals surface area (Å²) in [5, 5.41) is 9.32. The Labute approximate surface area is 107 Å². The number of hydrogen-bond acceptors (Lipinski definition) is 2. The van der Waals surface area contributed by atoms with Crippen LogP contribution in [-0.2, 0) is 11.3 Å². The van der Waals surface area contributed by atoms with Crippen LogP contribution in [0.15, 0.2) is 24.3 Å². The Morgan fingerprint density at radius 1 is 1.50 bits per heavy atom.